The summed E-state index contributed by atoms with van der Waals surface area (Å²) in [5, 5.41) is 29.3. The second-order valence-corrected chi connectivity index (χ2v) is 2.23. The van der Waals surface area contributed by atoms with Crippen LogP contribution in [0.25, 0.3) is 0 Å². The van der Waals surface area contributed by atoms with Crippen molar-refractivity contribution in [2.45, 2.75) is 0 Å². The third-order valence-corrected chi connectivity index (χ3v) is 1.46. The molecule has 0 aliphatic heterocycles. The highest BCUT2D eigenvalue weighted by Gasteiger charge is 2.24. The summed E-state index contributed by atoms with van der Waals surface area (Å²) in [6.45, 7) is 0. The Morgan fingerprint density at radius 3 is 1.93 bits per heavy atom. The quantitative estimate of drug-likeness (QED) is 0.515. The second kappa shape index (κ2) is 3.49. The van der Waals surface area contributed by atoms with Gasteiger partial charge in [-0.3, -0.25) is 20.2 Å². The molecule has 0 aliphatic rings. The highest BCUT2D eigenvalue weighted by Crippen LogP contribution is 2.26. The van der Waals surface area contributed by atoms with Gasteiger partial charge in [-0.05, 0) is 6.07 Å². The molecule has 14 heavy (non-hydrogen) atoms. The van der Waals surface area contributed by atoms with Crippen molar-refractivity contribution < 1.29 is 9.85 Å². The molecule has 0 fully saturated rings. The van der Waals surface area contributed by atoms with E-state index in [1.54, 1.807) is 0 Å². The molecule has 69 valence electrons. The van der Waals surface area contributed by atoms with E-state index in [2.05, 4.69) is 6.07 Å². The molecule has 0 N–H and O–H groups in total. The van der Waals surface area contributed by atoms with Crippen molar-refractivity contribution in [1.82, 2.24) is 0 Å². The number of nitrogens with zero attached hydrogens (tertiary/aromatic N) is 3. The summed E-state index contributed by atoms with van der Waals surface area (Å²) in [6.07, 6.45) is 0. The lowest BCUT2D eigenvalue weighted by molar-refractivity contribution is -0.394. The van der Waals surface area contributed by atoms with Gasteiger partial charge in [-0.25, -0.2) is 0 Å². The first-order chi connectivity index (χ1) is 6.57. The van der Waals surface area contributed by atoms with Gasteiger partial charge < -0.3 is 0 Å². The summed E-state index contributed by atoms with van der Waals surface area (Å²) in [5.74, 6) is 0. The zero-order valence-corrected chi connectivity index (χ0v) is 6.63. The van der Waals surface area contributed by atoms with E-state index in [4.69, 9.17) is 5.26 Å². The van der Waals surface area contributed by atoms with Gasteiger partial charge in [-0.15, -0.1) is 0 Å². The third kappa shape index (κ3) is 1.49. The van der Waals surface area contributed by atoms with Crippen LogP contribution in [0.4, 0.5) is 11.4 Å². The van der Waals surface area contributed by atoms with Crippen molar-refractivity contribution in [3.63, 3.8) is 0 Å². The fraction of sp³-hybridized carbons (Fsp3) is 0. The van der Waals surface area contributed by atoms with Gasteiger partial charge in [0.25, 0.3) is 11.4 Å². The van der Waals surface area contributed by atoms with Crippen LogP contribution in [0.1, 0.15) is 5.56 Å². The lowest BCUT2D eigenvalue weighted by atomic mass is 10.1. The van der Waals surface area contributed by atoms with Gasteiger partial charge in [0.15, 0.2) is 0 Å². The molecule has 0 aliphatic carbocycles. The van der Waals surface area contributed by atoms with Crippen LogP contribution in [-0.4, -0.2) is 9.85 Å². The van der Waals surface area contributed by atoms with Crippen molar-refractivity contribution in [2.24, 2.45) is 0 Å². The summed E-state index contributed by atoms with van der Waals surface area (Å²) >= 11 is 0. The van der Waals surface area contributed by atoms with Crippen molar-refractivity contribution in [3.05, 3.63) is 44.0 Å². The molecule has 1 aromatic rings. The number of nitriles is 1. The molecule has 7 nitrogen and oxygen atoms in total. The molecule has 0 aromatic heterocycles. The largest absolute Gasteiger partial charge is 0.294 e. The Balaban J connectivity index is 3.50. The summed E-state index contributed by atoms with van der Waals surface area (Å²) in [6, 6.07) is 5.50. The molecule has 7 heteroatoms. The number of hydrogen-bond donors (Lipinski definition) is 0. The van der Waals surface area contributed by atoms with Gasteiger partial charge >= 0.3 is 0 Å². The predicted molar refractivity (Wildman–Crippen MR) is 43.3 cm³/mol. The molecule has 0 amide bonds. The first-order valence-electron chi connectivity index (χ1n) is 3.31. The Kier molecular flexibility index (Phi) is 2.39. The van der Waals surface area contributed by atoms with E-state index < -0.39 is 26.8 Å². The Bertz CT molecular complexity index is 416. The van der Waals surface area contributed by atoms with Crippen molar-refractivity contribution in [2.75, 3.05) is 0 Å². The maximum Gasteiger partial charge on any atom is 0.294 e. The predicted octanol–water partition coefficient (Wildman–Crippen LogP) is 1.17. The van der Waals surface area contributed by atoms with E-state index in [0.717, 1.165) is 12.1 Å². The van der Waals surface area contributed by atoms with Crippen LogP contribution in [0.15, 0.2) is 12.1 Å². The van der Waals surface area contributed by atoms with E-state index in [9.17, 15) is 20.2 Å². The summed E-state index contributed by atoms with van der Waals surface area (Å²) < 4.78 is 0. The molecular formula is C7H2N3O4. The molecule has 1 aromatic carbocycles. The molecule has 1 radical (unpaired) electrons. The first-order valence-corrected chi connectivity index (χ1v) is 3.31. The smallest absolute Gasteiger partial charge is 0.258 e. The van der Waals surface area contributed by atoms with E-state index >= 15 is 0 Å². The topological polar surface area (TPSA) is 110 Å². The van der Waals surface area contributed by atoms with E-state index in [-0.39, 0.29) is 0 Å². The molecule has 0 heterocycles. The van der Waals surface area contributed by atoms with Gasteiger partial charge in [-0.2, -0.15) is 5.26 Å². The van der Waals surface area contributed by atoms with Crippen LogP contribution in [0.5, 0.6) is 0 Å². The molecule has 1 rings (SSSR count). The normalized spacial score (nSPS) is 9.07. The zero-order valence-electron chi connectivity index (χ0n) is 6.63. The van der Waals surface area contributed by atoms with Crippen LogP contribution in [0.3, 0.4) is 0 Å². The van der Waals surface area contributed by atoms with Crippen LogP contribution < -0.4 is 0 Å². The number of benzene rings is 1. The van der Waals surface area contributed by atoms with Crippen LogP contribution in [-0.2, 0) is 0 Å². The molecule has 0 spiro atoms. The fourth-order valence-corrected chi connectivity index (χ4v) is 0.878. The lowest BCUT2D eigenvalue weighted by Crippen LogP contribution is -1.97. The van der Waals surface area contributed by atoms with Gasteiger partial charge in [0.2, 0.25) is 5.56 Å². The highest BCUT2D eigenvalue weighted by molar-refractivity contribution is 5.60. The summed E-state index contributed by atoms with van der Waals surface area (Å²) in [7, 11) is 0. The SMILES string of the molecule is N#Cc1c([N+](=O)[O-])c[c]cc1[N+](=O)[O-]. The first kappa shape index (κ1) is 9.60. The summed E-state index contributed by atoms with van der Waals surface area (Å²) in [4.78, 5) is 19.0. The Hall–Kier alpha value is -2.49. The standard InChI is InChI=1S/C7H2N3O4/c8-4-5-6(9(11)12)2-1-3-7(5)10(13)14/h2-3H. The molecule has 0 unspecified atom stereocenters. The molecular weight excluding hydrogens is 190 g/mol. The number of hydrogen-bond acceptors (Lipinski definition) is 5. The second-order valence-electron chi connectivity index (χ2n) is 2.23. The van der Waals surface area contributed by atoms with Crippen molar-refractivity contribution in [3.8, 4) is 6.07 Å². The van der Waals surface area contributed by atoms with E-state index in [1.165, 1.54) is 6.07 Å². The fourth-order valence-electron chi connectivity index (χ4n) is 0.878. The minimum atomic E-state index is -0.859. The van der Waals surface area contributed by atoms with Crippen LogP contribution in [0.2, 0.25) is 0 Å². The average Bonchev–Trinajstić information content (AvgIpc) is 2.16. The van der Waals surface area contributed by atoms with Gasteiger partial charge in [-0.1, -0.05) is 0 Å². The van der Waals surface area contributed by atoms with Crippen LogP contribution in [0, 0.1) is 37.6 Å². The van der Waals surface area contributed by atoms with E-state index in [0.29, 0.717) is 0 Å². The van der Waals surface area contributed by atoms with Gasteiger partial charge in [0, 0.05) is 12.1 Å². The number of nitro groups is 2. The van der Waals surface area contributed by atoms with Crippen molar-refractivity contribution >= 4 is 11.4 Å². The zero-order chi connectivity index (χ0) is 10.7. The Morgan fingerprint density at radius 1 is 1.21 bits per heavy atom. The van der Waals surface area contributed by atoms with E-state index in [1.807, 2.05) is 0 Å². The average molecular weight is 192 g/mol. The number of nitro benzene ring substituents is 2. The molecule has 0 atom stereocenters. The maximum absolute atomic E-state index is 10.4. The minimum absolute atomic E-state index is 0.557. The maximum atomic E-state index is 10.4. The number of rotatable bonds is 2. The lowest BCUT2D eigenvalue weighted by Gasteiger charge is -1.94. The minimum Gasteiger partial charge on any atom is -0.258 e. The highest BCUT2D eigenvalue weighted by atomic mass is 16.6. The molecule has 0 bridgehead atoms. The Morgan fingerprint density at radius 2 is 1.64 bits per heavy atom. The molecule has 0 saturated carbocycles. The molecule has 0 saturated heterocycles. The van der Waals surface area contributed by atoms with Gasteiger partial charge in [0.1, 0.15) is 6.07 Å². The van der Waals surface area contributed by atoms with Gasteiger partial charge in [0.05, 0.1) is 9.85 Å². The van der Waals surface area contributed by atoms with Crippen molar-refractivity contribution in [1.29, 1.82) is 5.26 Å². The summed E-state index contributed by atoms with van der Waals surface area (Å²) in [5.41, 5.74) is -1.78. The van der Waals surface area contributed by atoms with Crippen LogP contribution >= 0.6 is 0 Å². The third-order valence-electron chi connectivity index (χ3n) is 1.46. The monoisotopic (exact) mass is 192 g/mol. The Labute approximate surface area is 77.5 Å².